The second kappa shape index (κ2) is 43.5. The van der Waals surface area contributed by atoms with Gasteiger partial charge in [0.05, 0.1) is 58.1 Å². The number of hydrogen-bond donors (Lipinski definition) is 17. The van der Waals surface area contributed by atoms with Crippen molar-refractivity contribution in [3.63, 3.8) is 0 Å². The van der Waals surface area contributed by atoms with Gasteiger partial charge in [-0.2, -0.15) is 0 Å². The molecule has 11 bridgehead atoms. The molecule has 0 aliphatic carbocycles. The number of fused-ring (bicyclic) bond motifs is 15. The number of halogens is 2. The molecule has 2 aromatic heterocycles. The van der Waals surface area contributed by atoms with E-state index in [-0.39, 0.29) is 111 Å². The van der Waals surface area contributed by atoms with Crippen LogP contribution in [0.3, 0.4) is 0 Å². The number of amides is 6. The number of ether oxygens (including phenoxy) is 6. The van der Waals surface area contributed by atoms with Gasteiger partial charge in [-0.15, -0.1) is 0 Å². The smallest absolute Gasteiger partial charge is 0.508 e. The molecule has 125 heavy (non-hydrogen) atoms. The van der Waals surface area contributed by atoms with Crippen molar-refractivity contribution in [2.24, 2.45) is 23.3 Å². The third kappa shape index (κ3) is 23.6. The molecule has 7 aliphatic heterocycles. The van der Waals surface area contributed by atoms with E-state index >= 15 is 28.8 Å². The fourth-order valence-electron chi connectivity index (χ4n) is 15.8. The maximum Gasteiger partial charge on any atom is 2.00 e. The van der Waals surface area contributed by atoms with Crippen molar-refractivity contribution in [2.45, 2.75) is 202 Å². The van der Waals surface area contributed by atoms with Crippen LogP contribution in [-0.4, -0.2) is 218 Å². The van der Waals surface area contributed by atoms with E-state index in [2.05, 4.69) is 46.8 Å². The van der Waals surface area contributed by atoms with Gasteiger partial charge in [-0.3, -0.25) is 53.2 Å². The number of aromatic nitrogens is 2. The maximum atomic E-state index is 16.5. The van der Waals surface area contributed by atoms with Crippen LogP contribution in [0.15, 0.2) is 128 Å². The van der Waals surface area contributed by atoms with Gasteiger partial charge in [0.25, 0.3) is 0 Å². The minimum absolute atomic E-state index is 0. The van der Waals surface area contributed by atoms with E-state index in [1.165, 1.54) is 63.4 Å². The number of carbonyl (C=O) groups excluding carboxylic acids is 8. The normalized spacial score (nSPS) is 25.9. The molecule has 36 nitrogen and oxygen atoms in total. The van der Waals surface area contributed by atoms with E-state index in [1.807, 2.05) is 50.2 Å². The van der Waals surface area contributed by atoms with Crippen molar-refractivity contribution < 1.29 is 143 Å². The summed E-state index contributed by atoms with van der Waals surface area (Å²) in [6.07, 6.45) is -14.3. The monoisotopic (exact) mass is 1830 g/mol. The van der Waals surface area contributed by atoms with Gasteiger partial charge >= 0.3 is 19.5 Å². The van der Waals surface area contributed by atoms with Crippen LogP contribution in [-0.2, 0) is 85.1 Å². The van der Waals surface area contributed by atoms with E-state index in [1.54, 1.807) is 12.4 Å². The van der Waals surface area contributed by atoms with E-state index in [9.17, 15) is 55.5 Å². The average molecular weight is 1830 g/mol. The molecule has 39 heteroatoms. The van der Waals surface area contributed by atoms with Crippen LogP contribution in [0.2, 0.25) is 10.0 Å². The molecular weight excluding hydrogens is 1720 g/mol. The summed E-state index contributed by atoms with van der Waals surface area (Å²) in [6.45, 7) is 7.57. The van der Waals surface area contributed by atoms with Crippen LogP contribution in [0.25, 0.3) is 11.1 Å². The van der Waals surface area contributed by atoms with Crippen LogP contribution in [0.4, 0.5) is 0 Å². The molecule has 5 aromatic carbocycles. The van der Waals surface area contributed by atoms with E-state index in [0.717, 1.165) is 54.2 Å². The SMILES string of the molecule is CN[C@H](CC(C)C)C(=O)N[C@H]1C(=O)C[C@@H](CC(N)=O)C(=O)N[C@H]2C(=O)C[C@H]3C(=O)N[C@H](C(=O)N[C@H](C(=O)NCCCCCCN(Cc4ccccn4)Cc4ccccn4)c4cc(O)cc(O)c4-c4cc3ccc4O)[C@H](O)c3ccc(c(Cl)c3)Oc3cc2cc(c3O[C@H]2OC(CO)[C@H](O)C(O)C2O[C@H]2C[C@@](C)(N)[C@H](O)C(C)O2)Oc2ccc(cc2Cl)[C@H]1O.O.O.[Zn+2]. The van der Waals surface area contributed by atoms with Crippen molar-refractivity contribution in [3.8, 4) is 57.1 Å². The molecular formula is C86H105Cl2N11O25Zn+2. The van der Waals surface area contributed by atoms with Gasteiger partial charge in [0.1, 0.15) is 83.4 Å². The van der Waals surface area contributed by atoms with Crippen LogP contribution < -0.4 is 57.6 Å². The summed E-state index contributed by atoms with van der Waals surface area (Å²) in [7, 11) is 1.50. The number of phenolic OH excluding ortho intramolecular Hbond substituents is 3. The first-order valence-corrected chi connectivity index (χ1v) is 40.9. The number of unbranched alkanes of at least 4 members (excludes halogenated alkanes) is 3. The Morgan fingerprint density at radius 2 is 1.33 bits per heavy atom. The summed E-state index contributed by atoms with van der Waals surface area (Å²) in [5, 5.41) is 122. The van der Waals surface area contributed by atoms with Crippen molar-refractivity contribution in [2.75, 3.05) is 26.7 Å². The average Bonchev–Trinajstić information content (AvgIpc) is 0.763. The third-order valence-electron chi connectivity index (χ3n) is 22.3. The largest absolute Gasteiger partial charge is 2.00 e. The topological polar surface area (TPSA) is 590 Å². The zero-order chi connectivity index (χ0) is 87.7. The van der Waals surface area contributed by atoms with Crippen molar-refractivity contribution in [3.05, 3.63) is 177 Å². The number of pyridine rings is 2. The fourth-order valence-corrected chi connectivity index (χ4v) is 16.3. The number of rotatable bonds is 24. The molecule has 0 radical (unpaired) electrons. The van der Waals surface area contributed by atoms with Gasteiger partial charge in [-0.05, 0) is 159 Å². The Labute approximate surface area is 741 Å². The van der Waals surface area contributed by atoms with Crippen LogP contribution in [0, 0.1) is 11.8 Å². The molecule has 18 atom stereocenters. The summed E-state index contributed by atoms with van der Waals surface area (Å²) >= 11 is 14.4. The van der Waals surface area contributed by atoms with Crippen molar-refractivity contribution >= 4 is 70.2 Å². The summed E-state index contributed by atoms with van der Waals surface area (Å²) in [5.74, 6) is -17.1. The Morgan fingerprint density at radius 1 is 0.704 bits per heavy atom. The number of benzene rings is 5. The Balaban J connectivity index is 0.00000590. The standard InChI is InChI=1S/C86H101Cl2N11O23.2H2O.Zn/c1-41(2)26-56(91-5)82(114)97-71-59(104)30-47(33-66(89)106)80(112)95-69-46-31-63(118-61-20-17-44(73(71)107)28-54(61)87)77(122-85-78(76(110)75(109)65(40-100)120-85)121-67-37-86(4,90)79(111)42(3)117-67)64(32-46)119-62-21-18-45(29-55(62)88)74(108)72-84(116)96-70(53-34-50(101)35-58(103)68(53)52-27-43(16-19-57(52)102)51(36-60(69)105)81(113)98-72)83(115)94-24-10-6-7-13-25-99(38-48-14-8-11-22-92-48)39-49-15-9-12-23-93-49;;;/h8-9,11-12,14-23,27-29,31-32,34-35,41-42,47,51,56,65,67,69-76,78-79,85,91,100-103,107-111H,6-7,10,13,24-26,30,33,36-40,90H2,1-5H3,(H2,89,106)(H,94,115)(H,95,112)(H,96,116)(H,97,114)(H,98,113);2*1H2;/q;;;+2/t42?,47-,51+,56+,65?,67-,69+,70-,71-,72-,73+,74+,75-,76?,78?,79+,85+,86+;;;/m0.../s1. The summed E-state index contributed by atoms with van der Waals surface area (Å²) in [6, 6.07) is 17.1. The number of carbonyl (C=O) groups is 8. The molecule has 0 saturated carbocycles. The second-order valence-electron chi connectivity index (χ2n) is 32.0. The molecule has 668 valence electrons. The van der Waals surface area contributed by atoms with E-state index < -0.39 is 221 Å². The number of aliphatic hydroxyl groups excluding tert-OH is 6. The van der Waals surface area contributed by atoms with Crippen molar-refractivity contribution in [1.29, 1.82) is 0 Å². The van der Waals surface area contributed by atoms with Crippen LogP contribution in [0.5, 0.6) is 46.0 Å². The molecule has 14 rings (SSSR count). The third-order valence-corrected chi connectivity index (χ3v) is 22.9. The number of nitrogens with one attached hydrogen (secondary N) is 6. The molecule has 0 spiro atoms. The Hall–Kier alpha value is -10.00. The number of phenols is 3. The summed E-state index contributed by atoms with van der Waals surface area (Å²) < 4.78 is 38.9. The molecule has 9 heterocycles. The van der Waals surface area contributed by atoms with E-state index in [0.29, 0.717) is 38.9 Å². The fraction of sp³-hybridized carbons (Fsp3) is 0.442. The predicted octanol–water partition coefficient (Wildman–Crippen LogP) is 3.51. The van der Waals surface area contributed by atoms with Crippen molar-refractivity contribution in [1.82, 2.24) is 46.8 Å². The first-order chi connectivity index (χ1) is 58.2. The molecule has 2 saturated heterocycles. The van der Waals surface area contributed by atoms with Crippen LogP contribution >= 0.6 is 23.2 Å². The number of nitrogens with two attached hydrogens (primary N) is 2. The number of aliphatic hydroxyl groups is 6. The Morgan fingerprint density at radius 3 is 1.91 bits per heavy atom. The molecule has 2 fully saturated rings. The Kier molecular flexibility index (Phi) is 34.4. The zero-order valence-corrected chi connectivity index (χ0v) is 73.6. The maximum absolute atomic E-state index is 16.5. The first kappa shape index (κ1) is 98.8. The Bertz CT molecular complexity index is 4950. The number of aromatic hydroxyl groups is 3. The van der Waals surface area contributed by atoms with E-state index in [4.69, 9.17) is 63.1 Å². The van der Waals surface area contributed by atoms with Gasteiger partial charge in [-0.25, -0.2) is 0 Å². The van der Waals surface area contributed by atoms with Gasteiger partial charge in [0, 0.05) is 80.4 Å². The number of ketones is 2. The molecule has 4 unspecified atom stereocenters. The quantitative estimate of drug-likeness (QED) is 0.0304. The van der Waals surface area contributed by atoms with Gasteiger partial charge in [-0.1, -0.05) is 80.2 Å². The second-order valence-corrected chi connectivity index (χ2v) is 32.8. The number of hydrogen-bond acceptors (Lipinski definition) is 28. The zero-order valence-electron chi connectivity index (χ0n) is 69.1. The molecule has 7 aliphatic rings. The molecule has 6 amide bonds. The summed E-state index contributed by atoms with van der Waals surface area (Å²) in [5.41, 5.74) is 10.9. The molecule has 23 N–H and O–H groups in total. The van der Waals surface area contributed by atoms with Gasteiger partial charge in [0.15, 0.2) is 35.5 Å². The minimum atomic E-state index is -2.20. The summed E-state index contributed by atoms with van der Waals surface area (Å²) in [4.78, 5) is 133. The minimum Gasteiger partial charge on any atom is -0.508 e. The predicted molar refractivity (Wildman–Crippen MR) is 446 cm³/mol. The number of likely N-dealkylation sites (N-methyl/N-ethyl adjacent to an activating group) is 1. The van der Waals surface area contributed by atoms with Gasteiger partial charge in [0.2, 0.25) is 47.5 Å². The number of nitrogens with zero attached hydrogens (tertiary/aromatic N) is 3. The first-order valence-electron chi connectivity index (χ1n) is 40.1. The number of primary amides is 1. The van der Waals surface area contributed by atoms with Gasteiger partial charge < -0.3 is 129 Å². The van der Waals surface area contributed by atoms with Crippen LogP contribution in [0.1, 0.15) is 155 Å². The number of Topliss-reactive ketones (excluding diaryl/α,β-unsaturated/α-hetero) is 2. The molecule has 7 aromatic rings.